The summed E-state index contributed by atoms with van der Waals surface area (Å²) in [6.45, 7) is 2.33. The lowest BCUT2D eigenvalue weighted by Gasteiger charge is -2.26. The molecule has 2 heterocycles. The van der Waals surface area contributed by atoms with Crippen molar-refractivity contribution in [2.24, 2.45) is 0 Å². The molecular formula is C20H18ClFN4O. The molecular weight excluding hydrogens is 367 g/mol. The van der Waals surface area contributed by atoms with Crippen LogP contribution in [0.4, 0.5) is 4.39 Å². The zero-order chi connectivity index (χ0) is 18.8. The number of carbonyl (C=O) groups is 1. The van der Waals surface area contributed by atoms with Crippen LogP contribution < -0.4 is 5.32 Å². The lowest BCUT2D eigenvalue weighted by molar-refractivity contribution is -0.124. The monoisotopic (exact) mass is 384 g/mol. The predicted molar refractivity (Wildman–Crippen MR) is 102 cm³/mol. The van der Waals surface area contributed by atoms with E-state index in [1.807, 2.05) is 30.5 Å². The van der Waals surface area contributed by atoms with Crippen molar-refractivity contribution in [2.45, 2.75) is 6.54 Å². The molecule has 0 aliphatic carbocycles. The largest absolute Gasteiger partial charge is 0.354 e. The van der Waals surface area contributed by atoms with Crippen LogP contribution in [-0.4, -0.2) is 40.2 Å². The van der Waals surface area contributed by atoms with E-state index in [4.69, 9.17) is 16.7 Å². The molecule has 1 fully saturated rings. The van der Waals surface area contributed by atoms with E-state index in [2.05, 4.69) is 10.2 Å². The van der Waals surface area contributed by atoms with Crippen molar-refractivity contribution in [3.05, 3.63) is 71.1 Å². The van der Waals surface area contributed by atoms with Gasteiger partial charge in [0.1, 0.15) is 5.82 Å². The smallest absolute Gasteiger partial charge is 0.234 e. The maximum atomic E-state index is 13.3. The fraction of sp³-hybridized carbons (Fsp3) is 0.200. The van der Waals surface area contributed by atoms with Crippen molar-refractivity contribution >= 4 is 17.5 Å². The summed E-state index contributed by atoms with van der Waals surface area (Å²) in [4.78, 5) is 13.8. The molecule has 1 amide bonds. The number of benzene rings is 2. The minimum absolute atomic E-state index is 0.0199. The highest BCUT2D eigenvalue weighted by molar-refractivity contribution is 6.33. The standard InChI is InChI=1S/C20H18ClFN4O/c21-18-4-2-1-3-17(18)20-14(11-25-10-9-23-19(27)13-25)12-26(24-20)16-7-5-15(22)6-8-16/h1-8,12H,9-11,13H2,(H,23,27). The number of nitrogens with zero attached hydrogens (tertiary/aromatic N) is 3. The second-order valence-corrected chi connectivity index (χ2v) is 6.87. The first-order valence-electron chi connectivity index (χ1n) is 8.68. The molecule has 1 aromatic heterocycles. The maximum Gasteiger partial charge on any atom is 0.234 e. The van der Waals surface area contributed by atoms with Crippen molar-refractivity contribution < 1.29 is 9.18 Å². The normalized spacial score (nSPS) is 15.0. The molecule has 0 atom stereocenters. The van der Waals surface area contributed by atoms with Crippen molar-refractivity contribution in [2.75, 3.05) is 19.6 Å². The highest BCUT2D eigenvalue weighted by Crippen LogP contribution is 2.30. The topological polar surface area (TPSA) is 50.2 Å². The van der Waals surface area contributed by atoms with Gasteiger partial charge in [-0.2, -0.15) is 5.10 Å². The molecule has 0 unspecified atom stereocenters. The molecule has 0 spiro atoms. The summed E-state index contributed by atoms with van der Waals surface area (Å²) in [5, 5.41) is 8.15. The summed E-state index contributed by atoms with van der Waals surface area (Å²) in [6.07, 6.45) is 1.92. The van der Waals surface area contributed by atoms with Gasteiger partial charge in [0.2, 0.25) is 5.91 Å². The molecule has 0 bridgehead atoms. The third-order valence-electron chi connectivity index (χ3n) is 4.52. The van der Waals surface area contributed by atoms with Crippen LogP contribution >= 0.6 is 11.6 Å². The zero-order valence-corrected chi connectivity index (χ0v) is 15.3. The molecule has 1 saturated heterocycles. The number of nitrogens with one attached hydrogen (secondary N) is 1. The van der Waals surface area contributed by atoms with Crippen LogP contribution in [0.25, 0.3) is 16.9 Å². The Morgan fingerprint density at radius 1 is 1.15 bits per heavy atom. The summed E-state index contributed by atoms with van der Waals surface area (Å²) < 4.78 is 15.0. The van der Waals surface area contributed by atoms with Crippen molar-refractivity contribution in [3.8, 4) is 16.9 Å². The van der Waals surface area contributed by atoms with E-state index >= 15 is 0 Å². The Balaban J connectivity index is 1.74. The molecule has 1 aliphatic rings. The average Bonchev–Trinajstić information content (AvgIpc) is 3.06. The second kappa shape index (κ2) is 7.50. The molecule has 27 heavy (non-hydrogen) atoms. The first-order chi connectivity index (χ1) is 13.1. The molecule has 4 rings (SSSR count). The maximum absolute atomic E-state index is 13.3. The highest BCUT2D eigenvalue weighted by atomic mass is 35.5. The average molecular weight is 385 g/mol. The van der Waals surface area contributed by atoms with Crippen molar-refractivity contribution in [1.82, 2.24) is 20.0 Å². The zero-order valence-electron chi connectivity index (χ0n) is 14.5. The second-order valence-electron chi connectivity index (χ2n) is 6.46. The summed E-state index contributed by atoms with van der Waals surface area (Å²) >= 11 is 6.40. The van der Waals surface area contributed by atoms with Gasteiger partial charge in [0, 0.05) is 37.0 Å². The Morgan fingerprint density at radius 2 is 1.93 bits per heavy atom. The van der Waals surface area contributed by atoms with E-state index in [-0.39, 0.29) is 11.7 Å². The van der Waals surface area contributed by atoms with Gasteiger partial charge in [-0.3, -0.25) is 9.69 Å². The summed E-state index contributed by atoms with van der Waals surface area (Å²) in [6, 6.07) is 13.7. The minimum atomic E-state index is -0.295. The van der Waals surface area contributed by atoms with Crippen LogP contribution in [0.1, 0.15) is 5.56 Å². The van der Waals surface area contributed by atoms with Gasteiger partial charge < -0.3 is 5.32 Å². The van der Waals surface area contributed by atoms with E-state index in [1.54, 1.807) is 16.8 Å². The molecule has 3 aromatic rings. The highest BCUT2D eigenvalue weighted by Gasteiger charge is 2.21. The fourth-order valence-corrected chi connectivity index (χ4v) is 3.42. The molecule has 1 aliphatic heterocycles. The Morgan fingerprint density at radius 3 is 2.67 bits per heavy atom. The van der Waals surface area contributed by atoms with Gasteiger partial charge in [-0.15, -0.1) is 0 Å². The van der Waals surface area contributed by atoms with Gasteiger partial charge in [0.15, 0.2) is 0 Å². The predicted octanol–water partition coefficient (Wildman–Crippen LogP) is 3.26. The van der Waals surface area contributed by atoms with Gasteiger partial charge in [0.25, 0.3) is 0 Å². The number of amides is 1. The Bertz CT molecular complexity index is 970. The number of piperazine rings is 1. The number of hydrogen-bond acceptors (Lipinski definition) is 3. The number of aromatic nitrogens is 2. The molecule has 5 nitrogen and oxygen atoms in total. The number of rotatable bonds is 4. The van der Waals surface area contributed by atoms with Gasteiger partial charge in [-0.1, -0.05) is 29.8 Å². The molecule has 0 radical (unpaired) electrons. The molecule has 0 saturated carbocycles. The van der Waals surface area contributed by atoms with E-state index in [0.29, 0.717) is 24.7 Å². The lowest BCUT2D eigenvalue weighted by atomic mass is 10.1. The third-order valence-corrected chi connectivity index (χ3v) is 4.85. The van der Waals surface area contributed by atoms with Crippen LogP contribution in [0.5, 0.6) is 0 Å². The van der Waals surface area contributed by atoms with Crippen molar-refractivity contribution in [1.29, 1.82) is 0 Å². The fourth-order valence-electron chi connectivity index (χ4n) is 3.20. The van der Waals surface area contributed by atoms with E-state index < -0.39 is 0 Å². The molecule has 7 heteroatoms. The Hall–Kier alpha value is -2.70. The Labute approximate surface area is 161 Å². The first kappa shape index (κ1) is 17.7. The minimum Gasteiger partial charge on any atom is -0.354 e. The summed E-state index contributed by atoms with van der Waals surface area (Å²) in [5.74, 6) is -0.275. The summed E-state index contributed by atoms with van der Waals surface area (Å²) in [7, 11) is 0. The molecule has 2 aromatic carbocycles. The van der Waals surface area contributed by atoms with Gasteiger partial charge in [0.05, 0.1) is 22.9 Å². The third kappa shape index (κ3) is 3.86. The SMILES string of the molecule is O=C1CN(Cc2cn(-c3ccc(F)cc3)nc2-c2ccccc2Cl)CCN1. The summed E-state index contributed by atoms with van der Waals surface area (Å²) in [5.41, 5.74) is 3.31. The van der Waals surface area contributed by atoms with Crippen molar-refractivity contribution in [3.63, 3.8) is 0 Å². The van der Waals surface area contributed by atoms with E-state index in [1.165, 1.54) is 12.1 Å². The van der Waals surface area contributed by atoms with Gasteiger partial charge >= 0.3 is 0 Å². The molecule has 1 N–H and O–H groups in total. The van der Waals surface area contributed by atoms with E-state index in [0.717, 1.165) is 29.1 Å². The lowest BCUT2D eigenvalue weighted by Crippen LogP contribution is -2.47. The number of hydrogen-bond donors (Lipinski definition) is 1. The van der Waals surface area contributed by atoms with Crippen LogP contribution in [0.2, 0.25) is 5.02 Å². The van der Waals surface area contributed by atoms with Crippen LogP contribution in [0, 0.1) is 5.82 Å². The van der Waals surface area contributed by atoms with Gasteiger partial charge in [-0.25, -0.2) is 9.07 Å². The molecule has 138 valence electrons. The van der Waals surface area contributed by atoms with Crippen LogP contribution in [-0.2, 0) is 11.3 Å². The van der Waals surface area contributed by atoms with Crippen LogP contribution in [0.3, 0.4) is 0 Å². The van der Waals surface area contributed by atoms with Crippen LogP contribution in [0.15, 0.2) is 54.7 Å². The Kier molecular flexibility index (Phi) is 4.92. The quantitative estimate of drug-likeness (QED) is 0.751. The number of halogens is 2. The van der Waals surface area contributed by atoms with Gasteiger partial charge in [-0.05, 0) is 30.3 Å². The first-order valence-corrected chi connectivity index (χ1v) is 9.06. The number of carbonyl (C=O) groups excluding carboxylic acids is 1. The van der Waals surface area contributed by atoms with E-state index in [9.17, 15) is 9.18 Å².